The normalized spacial score (nSPS) is 20.0. The second kappa shape index (κ2) is 8.26. The van der Waals surface area contributed by atoms with E-state index in [1.807, 2.05) is 0 Å². The fourth-order valence-corrected chi connectivity index (χ4v) is 4.39. The Morgan fingerprint density at radius 3 is 2.67 bits per heavy atom. The number of hydrogen-bond donors (Lipinski definition) is 4. The summed E-state index contributed by atoms with van der Waals surface area (Å²) in [4.78, 5) is 30.0. The lowest BCUT2D eigenvalue weighted by Gasteiger charge is -2.26. The van der Waals surface area contributed by atoms with E-state index in [0.29, 0.717) is 24.4 Å². The Kier molecular flexibility index (Phi) is 5.69. The summed E-state index contributed by atoms with van der Waals surface area (Å²) in [5, 5.41) is 17.3. The molecule has 0 aromatic carbocycles. The third-order valence-electron chi connectivity index (χ3n) is 5.00. The smallest absolute Gasteiger partial charge is 0.249 e. The van der Waals surface area contributed by atoms with Crippen LogP contribution in [-0.2, 0) is 19.4 Å². The van der Waals surface area contributed by atoms with E-state index < -0.39 is 22.0 Å². The molecule has 3 heterocycles. The van der Waals surface area contributed by atoms with Crippen LogP contribution in [0.1, 0.15) is 24.8 Å². The van der Waals surface area contributed by atoms with Crippen molar-refractivity contribution in [1.29, 1.82) is 0 Å². The molecular formula is C17H23N7O5S. The number of anilines is 1. The average Bonchev–Trinajstić information content (AvgIpc) is 3.47. The van der Waals surface area contributed by atoms with Gasteiger partial charge in [-0.1, -0.05) is 6.07 Å². The minimum absolute atomic E-state index is 0.0126. The Labute approximate surface area is 172 Å². The van der Waals surface area contributed by atoms with E-state index >= 15 is 0 Å². The third kappa shape index (κ3) is 4.92. The monoisotopic (exact) mass is 437 g/mol. The molecule has 2 amide bonds. The van der Waals surface area contributed by atoms with E-state index in [1.165, 1.54) is 4.52 Å². The summed E-state index contributed by atoms with van der Waals surface area (Å²) in [6, 6.07) is 4.96. The predicted octanol–water partition coefficient (Wildman–Crippen LogP) is -1.58. The molecule has 0 bridgehead atoms. The first-order chi connectivity index (χ1) is 14.3. The van der Waals surface area contributed by atoms with Gasteiger partial charge in [0.2, 0.25) is 17.8 Å². The zero-order valence-electron chi connectivity index (χ0n) is 16.1. The summed E-state index contributed by atoms with van der Waals surface area (Å²) in [5.74, 6) is -0.302. The predicted molar refractivity (Wildman–Crippen MR) is 106 cm³/mol. The molecule has 1 aliphatic carbocycles. The van der Waals surface area contributed by atoms with Crippen LogP contribution in [0.2, 0.25) is 0 Å². The van der Waals surface area contributed by atoms with E-state index in [0.717, 1.165) is 12.8 Å². The highest BCUT2D eigenvalue weighted by Gasteiger charge is 2.30. The molecule has 2 fully saturated rings. The van der Waals surface area contributed by atoms with Crippen LogP contribution >= 0.6 is 0 Å². The second-order valence-electron chi connectivity index (χ2n) is 7.44. The first kappa shape index (κ1) is 20.7. The van der Waals surface area contributed by atoms with Crippen LogP contribution in [0.5, 0.6) is 0 Å². The minimum Gasteiger partial charge on any atom is -0.371 e. The van der Waals surface area contributed by atoms with Crippen molar-refractivity contribution >= 4 is 33.2 Å². The number of sulfone groups is 1. The van der Waals surface area contributed by atoms with Crippen LogP contribution in [0.3, 0.4) is 0 Å². The third-order valence-corrected chi connectivity index (χ3v) is 6.61. The molecule has 30 heavy (non-hydrogen) atoms. The zero-order valence-corrected chi connectivity index (χ0v) is 16.9. The first-order valence-corrected chi connectivity index (χ1v) is 11.4. The summed E-state index contributed by atoms with van der Waals surface area (Å²) in [5.41, 5.74) is 5.67. The van der Waals surface area contributed by atoms with Gasteiger partial charge in [0.25, 0.3) is 0 Å². The second-order valence-corrected chi connectivity index (χ2v) is 9.75. The Morgan fingerprint density at radius 2 is 1.97 bits per heavy atom. The van der Waals surface area contributed by atoms with Gasteiger partial charge < -0.3 is 5.11 Å². The van der Waals surface area contributed by atoms with Crippen molar-refractivity contribution in [3.63, 3.8) is 0 Å². The molecule has 4 rings (SSSR count). The maximum atomic E-state index is 12.1. The largest absolute Gasteiger partial charge is 0.371 e. The quantitative estimate of drug-likeness (QED) is 0.296. The number of nitrogens with one attached hydrogen (secondary N) is 3. The number of aliphatic hydroxyl groups is 1. The molecule has 12 nitrogen and oxygen atoms in total. The average molecular weight is 437 g/mol. The molecular weight excluding hydrogens is 414 g/mol. The molecule has 2 aliphatic rings. The van der Waals surface area contributed by atoms with Gasteiger partial charge >= 0.3 is 0 Å². The zero-order chi connectivity index (χ0) is 21.3. The Hall–Kier alpha value is -2.61. The fourth-order valence-electron chi connectivity index (χ4n) is 3.12. The number of rotatable bonds is 7. The lowest BCUT2D eigenvalue weighted by Crippen LogP contribution is -2.49. The Morgan fingerprint density at radius 1 is 1.23 bits per heavy atom. The SMILES string of the molecule is O=C(CN1CCS(=O)(=O)CC1)NNC(O)c1cccc2nc(NC(=O)C3CC3)nn12. The van der Waals surface area contributed by atoms with E-state index in [9.17, 15) is 23.1 Å². The van der Waals surface area contributed by atoms with Crippen LogP contribution < -0.4 is 16.2 Å². The van der Waals surface area contributed by atoms with Crippen LogP contribution in [0.15, 0.2) is 18.2 Å². The van der Waals surface area contributed by atoms with Gasteiger partial charge in [-0.3, -0.25) is 25.2 Å². The van der Waals surface area contributed by atoms with Crippen molar-refractivity contribution < 1.29 is 23.1 Å². The highest BCUT2D eigenvalue weighted by molar-refractivity contribution is 7.91. The molecule has 1 saturated carbocycles. The van der Waals surface area contributed by atoms with E-state index in [-0.39, 0.29) is 35.8 Å². The van der Waals surface area contributed by atoms with Gasteiger partial charge in [-0.15, -0.1) is 5.10 Å². The number of hydrazine groups is 1. The fraction of sp³-hybridized carbons (Fsp3) is 0.529. The first-order valence-electron chi connectivity index (χ1n) is 9.62. The molecule has 1 atom stereocenters. The molecule has 13 heteroatoms. The van der Waals surface area contributed by atoms with Crippen molar-refractivity contribution in [2.45, 2.75) is 19.1 Å². The maximum Gasteiger partial charge on any atom is 0.249 e. The molecule has 162 valence electrons. The van der Waals surface area contributed by atoms with E-state index in [1.54, 1.807) is 23.1 Å². The summed E-state index contributed by atoms with van der Waals surface area (Å²) < 4.78 is 24.3. The standard InChI is InChI=1S/C17H23N7O5S/c25-14(10-23-6-8-30(28,29)9-7-23)20-21-16(27)12-2-1-3-13-18-17(22-24(12)13)19-15(26)11-4-5-11/h1-3,11,16,21,27H,4-10H2,(H,20,25)(H,19,22,26). The van der Waals surface area contributed by atoms with E-state index in [4.69, 9.17) is 0 Å². The summed E-state index contributed by atoms with van der Waals surface area (Å²) in [6.45, 7) is 0.609. The highest BCUT2D eigenvalue weighted by Crippen LogP contribution is 2.29. The van der Waals surface area contributed by atoms with Gasteiger partial charge in [-0.25, -0.2) is 18.4 Å². The van der Waals surface area contributed by atoms with E-state index in [2.05, 4.69) is 26.3 Å². The minimum atomic E-state index is -3.01. The maximum absolute atomic E-state index is 12.1. The lowest BCUT2D eigenvalue weighted by molar-refractivity contribution is -0.124. The number of aromatic nitrogens is 3. The summed E-state index contributed by atoms with van der Waals surface area (Å²) >= 11 is 0. The van der Waals surface area contributed by atoms with Crippen molar-refractivity contribution in [3.05, 3.63) is 23.9 Å². The van der Waals surface area contributed by atoms with Crippen molar-refractivity contribution in [1.82, 2.24) is 30.3 Å². The Bertz CT molecular complexity index is 1050. The molecule has 4 N–H and O–H groups in total. The summed E-state index contributed by atoms with van der Waals surface area (Å²) in [6.07, 6.45) is 0.438. The van der Waals surface area contributed by atoms with Crippen molar-refractivity contribution in [2.75, 3.05) is 36.5 Å². The molecule has 0 radical (unpaired) electrons. The number of nitrogens with zero attached hydrogens (tertiary/aromatic N) is 4. The van der Waals surface area contributed by atoms with Crippen molar-refractivity contribution in [2.24, 2.45) is 5.92 Å². The molecule has 2 aromatic heterocycles. The highest BCUT2D eigenvalue weighted by atomic mass is 32.2. The Balaban J connectivity index is 1.34. The number of pyridine rings is 1. The molecule has 1 saturated heterocycles. The van der Waals surface area contributed by atoms with Gasteiger partial charge in [0.05, 0.1) is 23.7 Å². The molecule has 1 aliphatic heterocycles. The van der Waals surface area contributed by atoms with Crippen molar-refractivity contribution in [3.8, 4) is 0 Å². The molecule has 2 aromatic rings. The topological polar surface area (TPSA) is 158 Å². The van der Waals surface area contributed by atoms with Crippen LogP contribution in [-0.4, -0.2) is 76.0 Å². The van der Waals surface area contributed by atoms with Crippen LogP contribution in [0.25, 0.3) is 5.65 Å². The summed E-state index contributed by atoms with van der Waals surface area (Å²) in [7, 11) is -3.01. The van der Waals surface area contributed by atoms with Crippen LogP contribution in [0.4, 0.5) is 5.95 Å². The number of aliphatic hydroxyl groups excluding tert-OH is 1. The molecule has 0 spiro atoms. The van der Waals surface area contributed by atoms with Gasteiger partial charge in [0, 0.05) is 19.0 Å². The number of fused-ring (bicyclic) bond motifs is 1. The van der Waals surface area contributed by atoms with Gasteiger partial charge in [0.15, 0.2) is 21.7 Å². The number of carbonyl (C=O) groups is 2. The van der Waals surface area contributed by atoms with Gasteiger partial charge in [0.1, 0.15) is 0 Å². The van der Waals surface area contributed by atoms with Gasteiger partial charge in [-0.05, 0) is 25.0 Å². The molecule has 1 unspecified atom stereocenters. The number of amides is 2. The van der Waals surface area contributed by atoms with Gasteiger partial charge in [-0.2, -0.15) is 4.98 Å². The number of hydrogen-bond acceptors (Lipinski definition) is 9. The van der Waals surface area contributed by atoms with Crippen LogP contribution in [0, 0.1) is 5.92 Å². The number of carbonyl (C=O) groups excluding carboxylic acids is 2. The lowest BCUT2D eigenvalue weighted by atomic mass is 10.3.